The van der Waals surface area contributed by atoms with Crippen molar-refractivity contribution in [1.82, 2.24) is 9.38 Å². The van der Waals surface area contributed by atoms with Gasteiger partial charge in [0.05, 0.1) is 34.9 Å². The van der Waals surface area contributed by atoms with E-state index in [4.69, 9.17) is 10.5 Å². The molecule has 3 aromatic heterocycles. The minimum atomic E-state index is -0.661. The molecule has 0 unspecified atom stereocenters. The zero-order valence-electron chi connectivity index (χ0n) is 16.7. The van der Waals surface area contributed by atoms with Crippen molar-refractivity contribution in [1.29, 1.82) is 0 Å². The van der Waals surface area contributed by atoms with E-state index in [0.29, 0.717) is 5.56 Å². The van der Waals surface area contributed by atoms with E-state index < -0.39 is 11.9 Å². The second-order valence-electron chi connectivity index (χ2n) is 6.60. The monoisotopic (exact) mass is 414 g/mol. The van der Waals surface area contributed by atoms with Crippen LogP contribution in [0.4, 0.5) is 5.00 Å². The van der Waals surface area contributed by atoms with Crippen LogP contribution in [0.3, 0.4) is 0 Å². The Hall–Kier alpha value is -3.20. The van der Waals surface area contributed by atoms with Gasteiger partial charge in [-0.1, -0.05) is 6.07 Å². The molecule has 0 atom stereocenters. The molecule has 0 radical (unpaired) electrons. The summed E-state index contributed by atoms with van der Waals surface area (Å²) >= 11 is 0.970. The lowest BCUT2D eigenvalue weighted by Crippen LogP contribution is -2.18. The fourth-order valence-corrected chi connectivity index (χ4v) is 4.25. The van der Waals surface area contributed by atoms with Gasteiger partial charge in [-0.3, -0.25) is 9.59 Å². The number of carbonyl (C=O) groups excluding carboxylic acids is 3. The number of carbonyl (C=O) groups is 3. The van der Waals surface area contributed by atoms with E-state index >= 15 is 0 Å². The van der Waals surface area contributed by atoms with Crippen molar-refractivity contribution in [3.05, 3.63) is 51.3 Å². The third-order valence-corrected chi connectivity index (χ3v) is 5.80. The number of imidazole rings is 1. The molecule has 152 valence electrons. The van der Waals surface area contributed by atoms with Gasteiger partial charge in [-0.05, 0) is 44.9 Å². The standard InChI is InChI=1S/C20H22N4O4S/c1-5-28-20(27)15-11(3)16(17(21)26)29-19(15)23-14(25)9-13-12(4)22-18-10(2)7-6-8-24(13)18/h6-8H,5,9H2,1-4H3,(H2,21,26)(H,23,25). The number of hydrogen-bond acceptors (Lipinski definition) is 6. The number of hydrogen-bond donors (Lipinski definition) is 2. The zero-order valence-corrected chi connectivity index (χ0v) is 17.5. The van der Waals surface area contributed by atoms with Crippen LogP contribution >= 0.6 is 11.3 Å². The van der Waals surface area contributed by atoms with Gasteiger partial charge in [0.1, 0.15) is 10.6 Å². The summed E-state index contributed by atoms with van der Waals surface area (Å²) in [5.41, 5.74) is 9.26. The number of nitrogens with zero attached hydrogens (tertiary/aromatic N) is 2. The van der Waals surface area contributed by atoms with Crippen LogP contribution in [0.1, 0.15) is 49.5 Å². The molecule has 0 spiro atoms. The lowest BCUT2D eigenvalue weighted by atomic mass is 10.1. The first-order valence-electron chi connectivity index (χ1n) is 9.07. The maximum absolute atomic E-state index is 12.8. The Kier molecular flexibility index (Phi) is 5.69. The highest BCUT2D eigenvalue weighted by atomic mass is 32.1. The summed E-state index contributed by atoms with van der Waals surface area (Å²) in [7, 11) is 0. The Bertz CT molecular complexity index is 1130. The SMILES string of the molecule is CCOC(=O)c1c(NC(=O)Cc2c(C)nc3c(C)cccn23)sc(C(N)=O)c1C. The van der Waals surface area contributed by atoms with Gasteiger partial charge in [0.25, 0.3) is 5.91 Å². The van der Waals surface area contributed by atoms with E-state index in [1.54, 1.807) is 13.8 Å². The molecule has 9 heteroatoms. The topological polar surface area (TPSA) is 116 Å². The molecule has 0 aliphatic heterocycles. The van der Waals surface area contributed by atoms with Crippen LogP contribution < -0.4 is 11.1 Å². The van der Waals surface area contributed by atoms with Crippen LogP contribution in [0, 0.1) is 20.8 Å². The molecule has 29 heavy (non-hydrogen) atoms. The maximum atomic E-state index is 12.8. The van der Waals surface area contributed by atoms with Gasteiger partial charge < -0.3 is 20.2 Å². The molecule has 3 heterocycles. The van der Waals surface area contributed by atoms with Crippen molar-refractivity contribution in [2.24, 2.45) is 5.73 Å². The number of esters is 1. The third kappa shape index (κ3) is 3.86. The average Bonchev–Trinajstić information content (AvgIpc) is 3.14. The van der Waals surface area contributed by atoms with E-state index in [2.05, 4.69) is 10.3 Å². The van der Waals surface area contributed by atoms with Gasteiger partial charge >= 0.3 is 5.97 Å². The quantitative estimate of drug-likeness (QED) is 0.602. The van der Waals surface area contributed by atoms with E-state index in [-0.39, 0.29) is 34.4 Å². The predicted molar refractivity (Wildman–Crippen MR) is 111 cm³/mol. The van der Waals surface area contributed by atoms with E-state index in [0.717, 1.165) is 33.9 Å². The fraction of sp³-hybridized carbons (Fsp3) is 0.300. The van der Waals surface area contributed by atoms with Crippen molar-refractivity contribution in [3.63, 3.8) is 0 Å². The Morgan fingerprint density at radius 2 is 2.00 bits per heavy atom. The molecule has 0 aliphatic rings. The number of amides is 2. The van der Waals surface area contributed by atoms with Gasteiger partial charge in [-0.2, -0.15) is 0 Å². The van der Waals surface area contributed by atoms with Crippen LogP contribution in [-0.2, 0) is 16.0 Å². The van der Waals surface area contributed by atoms with Crippen LogP contribution in [0.25, 0.3) is 5.65 Å². The number of pyridine rings is 1. The second kappa shape index (κ2) is 8.04. The summed E-state index contributed by atoms with van der Waals surface area (Å²) in [6.45, 7) is 7.27. The molecule has 0 aromatic carbocycles. The lowest BCUT2D eigenvalue weighted by molar-refractivity contribution is -0.115. The van der Waals surface area contributed by atoms with Crippen molar-refractivity contribution in [2.45, 2.75) is 34.1 Å². The smallest absolute Gasteiger partial charge is 0.341 e. The van der Waals surface area contributed by atoms with Crippen LogP contribution in [0.5, 0.6) is 0 Å². The number of ether oxygens (including phenoxy) is 1. The molecule has 0 saturated carbocycles. The van der Waals surface area contributed by atoms with E-state index in [1.807, 2.05) is 36.6 Å². The van der Waals surface area contributed by atoms with Gasteiger partial charge in [0.2, 0.25) is 5.91 Å². The summed E-state index contributed by atoms with van der Waals surface area (Å²) in [6, 6.07) is 3.85. The van der Waals surface area contributed by atoms with Crippen LogP contribution in [0.15, 0.2) is 18.3 Å². The highest BCUT2D eigenvalue weighted by molar-refractivity contribution is 7.18. The van der Waals surface area contributed by atoms with E-state index in [9.17, 15) is 14.4 Å². The number of aryl methyl sites for hydroxylation is 2. The summed E-state index contributed by atoms with van der Waals surface area (Å²) in [4.78, 5) is 41.6. The number of thiophene rings is 1. The summed E-state index contributed by atoms with van der Waals surface area (Å²) in [6.07, 6.45) is 1.91. The molecule has 0 fully saturated rings. The maximum Gasteiger partial charge on any atom is 0.341 e. The number of rotatable bonds is 6. The summed E-state index contributed by atoms with van der Waals surface area (Å²) in [5.74, 6) is -1.60. The number of fused-ring (bicyclic) bond motifs is 1. The highest BCUT2D eigenvalue weighted by Gasteiger charge is 2.26. The summed E-state index contributed by atoms with van der Waals surface area (Å²) in [5, 5.41) is 2.99. The minimum absolute atomic E-state index is 0.0571. The molecule has 8 nitrogen and oxygen atoms in total. The molecule has 2 amide bonds. The normalized spacial score (nSPS) is 10.9. The minimum Gasteiger partial charge on any atom is -0.462 e. The second-order valence-corrected chi connectivity index (χ2v) is 7.62. The van der Waals surface area contributed by atoms with Crippen LogP contribution in [-0.4, -0.2) is 33.8 Å². The number of aromatic nitrogens is 2. The molecular weight excluding hydrogens is 392 g/mol. The number of primary amides is 1. The fourth-order valence-electron chi connectivity index (χ4n) is 3.19. The number of nitrogens with one attached hydrogen (secondary N) is 1. The molecule has 0 bridgehead atoms. The van der Waals surface area contributed by atoms with Crippen molar-refractivity contribution in [2.75, 3.05) is 11.9 Å². The Labute approximate surface area is 171 Å². The third-order valence-electron chi connectivity index (χ3n) is 4.58. The Balaban J connectivity index is 1.93. The molecular formula is C20H22N4O4S. The Morgan fingerprint density at radius 1 is 1.28 bits per heavy atom. The van der Waals surface area contributed by atoms with Crippen molar-refractivity contribution in [3.8, 4) is 0 Å². The molecule has 3 aromatic rings. The number of anilines is 1. The first-order valence-corrected chi connectivity index (χ1v) is 9.89. The van der Waals surface area contributed by atoms with Gasteiger partial charge in [0, 0.05) is 6.20 Å². The van der Waals surface area contributed by atoms with Crippen molar-refractivity contribution < 1.29 is 19.1 Å². The molecule has 3 N–H and O–H groups in total. The zero-order chi connectivity index (χ0) is 21.3. The average molecular weight is 414 g/mol. The lowest BCUT2D eigenvalue weighted by Gasteiger charge is -2.08. The van der Waals surface area contributed by atoms with Gasteiger partial charge in [-0.25, -0.2) is 9.78 Å². The van der Waals surface area contributed by atoms with E-state index in [1.165, 1.54) is 0 Å². The number of nitrogens with two attached hydrogens (primary N) is 1. The highest BCUT2D eigenvalue weighted by Crippen LogP contribution is 2.33. The molecule has 0 saturated heterocycles. The van der Waals surface area contributed by atoms with Gasteiger partial charge in [0.15, 0.2) is 0 Å². The molecule has 0 aliphatic carbocycles. The largest absolute Gasteiger partial charge is 0.462 e. The van der Waals surface area contributed by atoms with Gasteiger partial charge in [-0.15, -0.1) is 11.3 Å². The first kappa shape index (κ1) is 20.5. The summed E-state index contributed by atoms with van der Waals surface area (Å²) < 4.78 is 6.95. The Morgan fingerprint density at radius 3 is 2.66 bits per heavy atom. The predicted octanol–water partition coefficient (Wildman–Crippen LogP) is 2.78. The van der Waals surface area contributed by atoms with Crippen LogP contribution in [0.2, 0.25) is 0 Å². The molecule has 3 rings (SSSR count). The first-order chi connectivity index (χ1) is 13.7. The van der Waals surface area contributed by atoms with Crippen molar-refractivity contribution >= 4 is 39.8 Å².